The summed E-state index contributed by atoms with van der Waals surface area (Å²) in [5, 5.41) is 0. The van der Waals surface area contributed by atoms with Gasteiger partial charge in [0.05, 0.1) is 0 Å². The lowest BCUT2D eigenvalue weighted by molar-refractivity contribution is -0.177. The minimum absolute atomic E-state index is 0.214. The molecule has 0 saturated heterocycles. The van der Waals surface area contributed by atoms with E-state index in [-0.39, 0.29) is 18.2 Å². The Kier molecular flexibility index (Phi) is 4.24. The number of ether oxygens (including phenoxy) is 1. The monoisotopic (exact) mass is 275 g/mol. The number of nitrogen functional groups attached to an aromatic ring is 1. The van der Waals surface area contributed by atoms with E-state index in [2.05, 4.69) is 14.7 Å². The average Bonchev–Trinajstić information content (AvgIpc) is 2.79. The number of anilines is 1. The van der Waals surface area contributed by atoms with Crippen molar-refractivity contribution in [3.63, 3.8) is 0 Å². The lowest BCUT2D eigenvalue weighted by atomic mass is 10.0. The summed E-state index contributed by atoms with van der Waals surface area (Å²) in [7, 11) is 0. The van der Waals surface area contributed by atoms with E-state index in [9.17, 15) is 13.2 Å². The van der Waals surface area contributed by atoms with Gasteiger partial charge in [-0.25, -0.2) is 9.97 Å². The van der Waals surface area contributed by atoms with Gasteiger partial charge < -0.3 is 10.5 Å². The molecular formula is C12H16F3N3O. The van der Waals surface area contributed by atoms with Crippen LogP contribution in [0.1, 0.15) is 43.1 Å². The van der Waals surface area contributed by atoms with Gasteiger partial charge in [0.1, 0.15) is 19.0 Å². The summed E-state index contributed by atoms with van der Waals surface area (Å²) in [6.07, 6.45) is 0.0379. The minimum Gasteiger partial charge on any atom is -0.384 e. The topological polar surface area (TPSA) is 61.0 Å². The molecule has 1 saturated carbocycles. The van der Waals surface area contributed by atoms with Crippen molar-refractivity contribution in [3.8, 4) is 0 Å². The van der Waals surface area contributed by atoms with Crippen LogP contribution in [0.3, 0.4) is 0 Å². The zero-order chi connectivity index (χ0) is 13.9. The Morgan fingerprint density at radius 2 is 1.95 bits per heavy atom. The number of aromatic nitrogens is 2. The van der Waals surface area contributed by atoms with Gasteiger partial charge >= 0.3 is 6.18 Å². The summed E-state index contributed by atoms with van der Waals surface area (Å²) in [5.41, 5.74) is 6.47. The molecular weight excluding hydrogens is 259 g/mol. The summed E-state index contributed by atoms with van der Waals surface area (Å²) in [4.78, 5) is 8.15. The molecule has 0 spiro atoms. The maximum atomic E-state index is 12.0. The van der Waals surface area contributed by atoms with Gasteiger partial charge in [-0.1, -0.05) is 12.8 Å². The fourth-order valence-corrected chi connectivity index (χ4v) is 2.29. The fourth-order valence-electron chi connectivity index (χ4n) is 2.29. The van der Waals surface area contributed by atoms with Crippen LogP contribution in [0.4, 0.5) is 19.0 Å². The first-order chi connectivity index (χ1) is 8.94. The second kappa shape index (κ2) is 5.73. The molecule has 1 aromatic rings. The highest BCUT2D eigenvalue weighted by atomic mass is 19.4. The lowest BCUT2D eigenvalue weighted by Gasteiger charge is -2.11. The van der Waals surface area contributed by atoms with Crippen LogP contribution in [0.2, 0.25) is 0 Å². The van der Waals surface area contributed by atoms with Gasteiger partial charge in [0.25, 0.3) is 0 Å². The van der Waals surface area contributed by atoms with Crippen LogP contribution in [-0.2, 0) is 11.3 Å². The highest BCUT2D eigenvalue weighted by Crippen LogP contribution is 2.33. The maximum Gasteiger partial charge on any atom is 0.411 e. The maximum absolute atomic E-state index is 12.0. The largest absolute Gasteiger partial charge is 0.411 e. The van der Waals surface area contributed by atoms with E-state index in [1.54, 1.807) is 6.07 Å². The number of hydrogen-bond donors (Lipinski definition) is 1. The zero-order valence-corrected chi connectivity index (χ0v) is 10.4. The third kappa shape index (κ3) is 4.34. The second-order valence-electron chi connectivity index (χ2n) is 4.72. The molecule has 1 fully saturated rings. The average molecular weight is 275 g/mol. The molecule has 0 aromatic carbocycles. The predicted octanol–water partition coefficient (Wildman–Crippen LogP) is 2.80. The van der Waals surface area contributed by atoms with Gasteiger partial charge in [-0.05, 0) is 12.8 Å². The normalized spacial score (nSPS) is 17.0. The first kappa shape index (κ1) is 14.0. The molecule has 0 atom stereocenters. The van der Waals surface area contributed by atoms with E-state index in [1.807, 2.05) is 0 Å². The molecule has 19 heavy (non-hydrogen) atoms. The van der Waals surface area contributed by atoms with Crippen LogP contribution >= 0.6 is 0 Å². The summed E-state index contributed by atoms with van der Waals surface area (Å²) >= 11 is 0. The van der Waals surface area contributed by atoms with E-state index >= 15 is 0 Å². The van der Waals surface area contributed by atoms with E-state index in [0.717, 1.165) is 31.4 Å². The van der Waals surface area contributed by atoms with Crippen LogP contribution in [0, 0.1) is 0 Å². The van der Waals surface area contributed by atoms with E-state index in [4.69, 9.17) is 5.73 Å². The van der Waals surface area contributed by atoms with Crippen molar-refractivity contribution in [1.29, 1.82) is 0 Å². The zero-order valence-electron chi connectivity index (χ0n) is 10.4. The van der Waals surface area contributed by atoms with Gasteiger partial charge in [0, 0.05) is 17.7 Å². The Balaban J connectivity index is 2.00. The second-order valence-corrected chi connectivity index (χ2v) is 4.72. The quantitative estimate of drug-likeness (QED) is 0.917. The van der Waals surface area contributed by atoms with Crippen molar-refractivity contribution < 1.29 is 17.9 Å². The van der Waals surface area contributed by atoms with Crippen LogP contribution in [-0.4, -0.2) is 22.8 Å². The highest BCUT2D eigenvalue weighted by Gasteiger charge is 2.27. The molecule has 0 unspecified atom stereocenters. The Labute approximate surface area is 109 Å². The molecule has 4 nitrogen and oxygen atoms in total. The van der Waals surface area contributed by atoms with E-state index < -0.39 is 12.8 Å². The van der Waals surface area contributed by atoms with Crippen LogP contribution < -0.4 is 5.73 Å². The molecule has 2 rings (SSSR count). The lowest BCUT2D eigenvalue weighted by Crippen LogP contribution is -2.17. The van der Waals surface area contributed by atoms with Crippen LogP contribution in [0.15, 0.2) is 6.07 Å². The Morgan fingerprint density at radius 3 is 2.58 bits per heavy atom. The van der Waals surface area contributed by atoms with Crippen molar-refractivity contribution in [3.05, 3.63) is 17.6 Å². The fraction of sp³-hybridized carbons (Fsp3) is 0.667. The number of nitrogens with zero attached hydrogens (tertiary/aromatic N) is 2. The summed E-state index contributed by atoms with van der Waals surface area (Å²) < 4.78 is 40.5. The minimum atomic E-state index is -4.34. The number of halogens is 3. The number of rotatable bonds is 4. The Hall–Kier alpha value is -1.37. The highest BCUT2D eigenvalue weighted by molar-refractivity contribution is 5.31. The van der Waals surface area contributed by atoms with Gasteiger partial charge in [0.15, 0.2) is 5.82 Å². The Bertz CT molecular complexity index is 431. The molecule has 0 bridgehead atoms. The molecule has 0 aliphatic heterocycles. The molecule has 1 aliphatic carbocycles. The van der Waals surface area contributed by atoms with Crippen molar-refractivity contribution in [2.24, 2.45) is 0 Å². The van der Waals surface area contributed by atoms with Crippen molar-refractivity contribution in [2.45, 2.75) is 44.4 Å². The van der Waals surface area contributed by atoms with Crippen LogP contribution in [0.5, 0.6) is 0 Å². The first-order valence-electron chi connectivity index (χ1n) is 6.22. The van der Waals surface area contributed by atoms with Gasteiger partial charge in [-0.3, -0.25) is 0 Å². The van der Waals surface area contributed by atoms with Gasteiger partial charge in [-0.2, -0.15) is 13.2 Å². The van der Waals surface area contributed by atoms with Crippen molar-refractivity contribution >= 4 is 5.82 Å². The molecule has 1 aliphatic rings. The summed E-state index contributed by atoms with van der Waals surface area (Å²) in [5.74, 6) is 0.834. The summed E-state index contributed by atoms with van der Waals surface area (Å²) in [6.45, 7) is -1.58. The van der Waals surface area contributed by atoms with E-state index in [0.29, 0.717) is 5.92 Å². The summed E-state index contributed by atoms with van der Waals surface area (Å²) in [6, 6.07) is 1.70. The molecule has 0 radical (unpaired) electrons. The molecule has 2 N–H and O–H groups in total. The van der Waals surface area contributed by atoms with Crippen LogP contribution in [0.25, 0.3) is 0 Å². The number of hydrogen-bond acceptors (Lipinski definition) is 4. The molecule has 106 valence electrons. The molecule has 7 heteroatoms. The molecule has 1 heterocycles. The first-order valence-corrected chi connectivity index (χ1v) is 6.22. The molecule has 0 amide bonds. The third-order valence-electron chi connectivity index (χ3n) is 3.08. The number of nitrogens with two attached hydrogens (primary N) is 1. The van der Waals surface area contributed by atoms with Gasteiger partial charge in [-0.15, -0.1) is 0 Å². The smallest absolute Gasteiger partial charge is 0.384 e. The number of alkyl halides is 3. The molecule has 1 aromatic heterocycles. The SMILES string of the molecule is Nc1cc(C2CCCC2)nc(COCC(F)(F)F)n1. The van der Waals surface area contributed by atoms with Crippen molar-refractivity contribution in [1.82, 2.24) is 9.97 Å². The third-order valence-corrected chi connectivity index (χ3v) is 3.08. The van der Waals surface area contributed by atoms with Gasteiger partial charge in [0.2, 0.25) is 0 Å². The van der Waals surface area contributed by atoms with E-state index in [1.165, 1.54) is 0 Å². The predicted molar refractivity (Wildman–Crippen MR) is 63.4 cm³/mol. The Morgan fingerprint density at radius 1 is 1.26 bits per heavy atom. The van der Waals surface area contributed by atoms with Crippen molar-refractivity contribution in [2.75, 3.05) is 12.3 Å². The standard InChI is InChI=1S/C12H16F3N3O/c13-12(14,15)7-19-6-11-17-9(5-10(16)18-11)8-3-1-2-4-8/h5,8H,1-4,6-7H2,(H2,16,17,18).